The Morgan fingerprint density at radius 3 is 2.62 bits per heavy atom. The van der Waals surface area contributed by atoms with Crippen LogP contribution in [-0.4, -0.2) is 37.0 Å². The van der Waals surface area contributed by atoms with E-state index in [1.54, 1.807) is 30.3 Å². The summed E-state index contributed by atoms with van der Waals surface area (Å²) < 4.78 is 27.1. The van der Waals surface area contributed by atoms with Crippen LogP contribution in [0.1, 0.15) is 12.0 Å². The van der Waals surface area contributed by atoms with Gasteiger partial charge in [0.2, 0.25) is 10.0 Å². The maximum atomic E-state index is 12.9. The van der Waals surface area contributed by atoms with Crippen LogP contribution in [0.3, 0.4) is 0 Å². The summed E-state index contributed by atoms with van der Waals surface area (Å²) in [6.07, 6.45) is 6.00. The topological polar surface area (TPSA) is 57.6 Å². The normalized spacial score (nSPS) is 21.9. The van der Waals surface area contributed by atoms with Crippen LogP contribution in [0.2, 0.25) is 0 Å². The Morgan fingerprint density at radius 1 is 1.38 bits per heavy atom. The van der Waals surface area contributed by atoms with E-state index in [2.05, 4.69) is 6.58 Å². The lowest BCUT2D eigenvalue weighted by molar-refractivity contribution is 0.193. The zero-order valence-electron chi connectivity index (χ0n) is 12.1. The van der Waals surface area contributed by atoms with E-state index in [4.69, 9.17) is 0 Å². The predicted molar refractivity (Wildman–Crippen MR) is 83.4 cm³/mol. The van der Waals surface area contributed by atoms with Gasteiger partial charge in [-0.05, 0) is 25.5 Å². The van der Waals surface area contributed by atoms with Crippen molar-refractivity contribution in [3.63, 3.8) is 0 Å². The van der Waals surface area contributed by atoms with Crippen molar-refractivity contribution in [1.29, 1.82) is 0 Å². The van der Waals surface area contributed by atoms with Gasteiger partial charge < -0.3 is 5.11 Å². The molecule has 0 radical (unpaired) electrons. The van der Waals surface area contributed by atoms with Crippen molar-refractivity contribution in [2.45, 2.75) is 24.3 Å². The summed E-state index contributed by atoms with van der Waals surface area (Å²) in [5.41, 5.74) is 1.01. The summed E-state index contributed by atoms with van der Waals surface area (Å²) >= 11 is 0. The van der Waals surface area contributed by atoms with Crippen LogP contribution in [0.15, 0.2) is 54.0 Å². The van der Waals surface area contributed by atoms with Gasteiger partial charge in [-0.15, -0.1) is 6.58 Å². The fourth-order valence-corrected chi connectivity index (χ4v) is 4.25. The van der Waals surface area contributed by atoms with Gasteiger partial charge >= 0.3 is 0 Å². The molecule has 5 heteroatoms. The first-order valence-corrected chi connectivity index (χ1v) is 8.41. The highest BCUT2D eigenvalue weighted by atomic mass is 32.2. The van der Waals surface area contributed by atoms with Gasteiger partial charge in [-0.2, -0.15) is 4.31 Å². The minimum absolute atomic E-state index is 0.0573. The average molecular weight is 307 g/mol. The van der Waals surface area contributed by atoms with Gasteiger partial charge in [0, 0.05) is 18.5 Å². The zero-order chi connectivity index (χ0) is 15.5. The summed E-state index contributed by atoms with van der Waals surface area (Å²) in [6, 6.07) is 6.57. The number of benzene rings is 1. The molecule has 114 valence electrons. The molecule has 0 aliphatic heterocycles. The van der Waals surface area contributed by atoms with Gasteiger partial charge in [0.25, 0.3) is 0 Å². The molecule has 2 rings (SSSR count). The molecule has 1 aromatic rings. The average Bonchev–Trinajstić information content (AvgIpc) is 2.93. The molecule has 1 N–H and O–H groups in total. The van der Waals surface area contributed by atoms with Crippen molar-refractivity contribution < 1.29 is 13.5 Å². The first-order valence-electron chi connectivity index (χ1n) is 6.97. The van der Waals surface area contributed by atoms with Gasteiger partial charge in [0.15, 0.2) is 0 Å². The molecule has 0 fully saturated rings. The first kappa shape index (κ1) is 15.9. The number of aryl methyl sites for hydroxylation is 1. The molecular formula is C16H21NO3S. The third-order valence-electron chi connectivity index (χ3n) is 3.77. The highest BCUT2D eigenvalue weighted by Gasteiger charge is 2.35. The Hall–Kier alpha value is -1.43. The minimum Gasteiger partial charge on any atom is -0.396 e. The van der Waals surface area contributed by atoms with E-state index in [0.29, 0.717) is 6.42 Å². The van der Waals surface area contributed by atoms with Crippen molar-refractivity contribution >= 4 is 10.0 Å². The van der Waals surface area contributed by atoms with Crippen molar-refractivity contribution in [2.24, 2.45) is 5.92 Å². The highest BCUT2D eigenvalue weighted by molar-refractivity contribution is 7.89. The second kappa shape index (κ2) is 6.56. The number of aliphatic hydroxyl groups is 1. The first-order chi connectivity index (χ1) is 10.0. The molecule has 1 aromatic carbocycles. The van der Waals surface area contributed by atoms with E-state index in [-0.39, 0.29) is 30.0 Å². The molecule has 0 bridgehead atoms. The molecular weight excluding hydrogens is 286 g/mol. The van der Waals surface area contributed by atoms with E-state index >= 15 is 0 Å². The summed E-state index contributed by atoms with van der Waals surface area (Å²) in [5, 5.41) is 9.43. The lowest BCUT2D eigenvalue weighted by Crippen LogP contribution is -2.43. The quantitative estimate of drug-likeness (QED) is 0.819. The third kappa shape index (κ3) is 3.26. The number of rotatable bonds is 6. The molecule has 0 saturated heterocycles. The molecule has 2 atom stereocenters. The van der Waals surface area contributed by atoms with Crippen LogP contribution >= 0.6 is 0 Å². The second-order valence-electron chi connectivity index (χ2n) is 5.25. The van der Waals surface area contributed by atoms with Gasteiger partial charge in [-0.3, -0.25) is 0 Å². The maximum absolute atomic E-state index is 12.9. The molecule has 0 amide bonds. The number of sulfonamides is 1. The van der Waals surface area contributed by atoms with Crippen LogP contribution in [0, 0.1) is 12.8 Å². The van der Waals surface area contributed by atoms with E-state index in [1.807, 2.05) is 19.1 Å². The number of nitrogens with zero attached hydrogens (tertiary/aromatic N) is 1. The summed E-state index contributed by atoms with van der Waals surface area (Å²) in [7, 11) is -3.60. The lowest BCUT2D eigenvalue weighted by atomic mass is 10.1. The van der Waals surface area contributed by atoms with E-state index in [9.17, 15) is 13.5 Å². The standard InChI is InChI=1S/C16H21NO3S/c1-3-11-17(16-6-4-5-14(16)12-18)21(19,20)15-9-7-13(2)8-10-15/h3-5,7-10,14,16,18H,1,6,11-12H2,2H3/t14-,16+/m0/s1. The van der Waals surface area contributed by atoms with Crippen molar-refractivity contribution in [3.05, 3.63) is 54.6 Å². The molecule has 1 aliphatic carbocycles. The predicted octanol–water partition coefficient (Wildman–Crippen LogP) is 2.11. The zero-order valence-corrected chi connectivity index (χ0v) is 13.0. The lowest BCUT2D eigenvalue weighted by Gasteiger charge is -2.30. The second-order valence-corrected chi connectivity index (χ2v) is 7.14. The highest BCUT2D eigenvalue weighted by Crippen LogP contribution is 2.28. The molecule has 0 spiro atoms. The van der Waals surface area contributed by atoms with Crippen molar-refractivity contribution in [3.8, 4) is 0 Å². The van der Waals surface area contributed by atoms with Gasteiger partial charge in [-0.25, -0.2) is 8.42 Å². The maximum Gasteiger partial charge on any atom is 0.243 e. The van der Waals surface area contributed by atoms with Crippen LogP contribution in [0.5, 0.6) is 0 Å². The van der Waals surface area contributed by atoms with Crippen LogP contribution in [0.4, 0.5) is 0 Å². The van der Waals surface area contributed by atoms with Crippen molar-refractivity contribution in [1.82, 2.24) is 4.31 Å². The molecule has 4 nitrogen and oxygen atoms in total. The fourth-order valence-electron chi connectivity index (χ4n) is 2.59. The van der Waals surface area contributed by atoms with E-state index in [1.165, 1.54) is 4.31 Å². The van der Waals surface area contributed by atoms with Crippen LogP contribution < -0.4 is 0 Å². The Kier molecular flexibility index (Phi) is 4.98. The Bertz CT molecular complexity index is 619. The van der Waals surface area contributed by atoms with Crippen LogP contribution in [0.25, 0.3) is 0 Å². The number of aliphatic hydroxyl groups excluding tert-OH is 1. The monoisotopic (exact) mass is 307 g/mol. The number of hydrogen-bond acceptors (Lipinski definition) is 3. The SMILES string of the molecule is C=CCN([C@@H]1CC=C[C@H]1CO)S(=O)(=O)c1ccc(C)cc1. The van der Waals surface area contributed by atoms with Gasteiger partial charge in [-0.1, -0.05) is 35.9 Å². The molecule has 21 heavy (non-hydrogen) atoms. The molecule has 0 heterocycles. The van der Waals surface area contributed by atoms with Crippen LogP contribution in [-0.2, 0) is 10.0 Å². The largest absolute Gasteiger partial charge is 0.396 e. The summed E-state index contributed by atoms with van der Waals surface area (Å²) in [6.45, 7) is 5.75. The third-order valence-corrected chi connectivity index (χ3v) is 5.68. The Morgan fingerprint density at radius 2 is 2.05 bits per heavy atom. The Balaban J connectivity index is 2.36. The molecule has 1 aliphatic rings. The molecule has 0 aromatic heterocycles. The van der Waals surface area contributed by atoms with E-state index < -0.39 is 10.0 Å². The van der Waals surface area contributed by atoms with Gasteiger partial charge in [0.1, 0.15) is 0 Å². The smallest absolute Gasteiger partial charge is 0.243 e. The van der Waals surface area contributed by atoms with Crippen molar-refractivity contribution in [2.75, 3.05) is 13.2 Å². The molecule has 0 saturated carbocycles. The fraction of sp³-hybridized carbons (Fsp3) is 0.375. The molecule has 0 unspecified atom stereocenters. The number of hydrogen-bond donors (Lipinski definition) is 1. The van der Waals surface area contributed by atoms with Gasteiger partial charge in [0.05, 0.1) is 11.5 Å². The van der Waals surface area contributed by atoms with E-state index in [0.717, 1.165) is 5.56 Å². The summed E-state index contributed by atoms with van der Waals surface area (Å²) in [5.74, 6) is -0.162. The summed E-state index contributed by atoms with van der Waals surface area (Å²) in [4.78, 5) is 0.276. The minimum atomic E-state index is -3.60. The Labute approximate surface area is 126 Å².